The molecule has 1 aromatic rings. The molecule has 1 saturated carbocycles. The molecule has 7 atom stereocenters. The molecule has 3 saturated heterocycles. The van der Waals surface area contributed by atoms with Crippen molar-refractivity contribution in [2.24, 2.45) is 17.8 Å². The minimum Gasteiger partial charge on any atom is -0.394 e. The third kappa shape index (κ3) is 3.97. The lowest BCUT2D eigenvalue weighted by atomic mass is 9.66. The van der Waals surface area contributed by atoms with Crippen LogP contribution in [0.3, 0.4) is 0 Å². The topological polar surface area (TPSA) is 98.7 Å². The summed E-state index contributed by atoms with van der Waals surface area (Å²) in [5, 5.41) is 16.6. The Morgan fingerprint density at radius 1 is 1.17 bits per heavy atom. The zero-order valence-corrected chi connectivity index (χ0v) is 21.4. The molecule has 3 aliphatic heterocycles. The number of carbonyl (C=O) groups is 3. The lowest BCUT2D eigenvalue weighted by Crippen LogP contribution is -2.60. The van der Waals surface area contributed by atoms with E-state index in [0.29, 0.717) is 6.42 Å². The van der Waals surface area contributed by atoms with Crippen LogP contribution in [0.1, 0.15) is 51.0 Å². The number of benzene rings is 1. The first-order valence-corrected chi connectivity index (χ1v) is 14.0. The zero-order valence-electron chi connectivity index (χ0n) is 20.6. The van der Waals surface area contributed by atoms with Crippen LogP contribution in [0.2, 0.25) is 0 Å². The van der Waals surface area contributed by atoms with Crippen LogP contribution in [0.25, 0.3) is 0 Å². The molecule has 3 heterocycles. The second-order valence-corrected chi connectivity index (χ2v) is 12.3. The van der Waals surface area contributed by atoms with Crippen LogP contribution in [0.4, 0.5) is 0 Å². The van der Waals surface area contributed by atoms with Crippen molar-refractivity contribution in [1.82, 2.24) is 15.5 Å². The molecule has 0 aromatic heterocycles. The fourth-order valence-electron chi connectivity index (χ4n) is 7.28. The van der Waals surface area contributed by atoms with E-state index in [0.717, 1.165) is 37.7 Å². The van der Waals surface area contributed by atoms with Gasteiger partial charge in [-0.15, -0.1) is 11.8 Å². The number of hydrogen-bond donors (Lipinski definition) is 3. The fourth-order valence-corrected chi connectivity index (χ4v) is 9.69. The lowest BCUT2D eigenvalue weighted by molar-refractivity contribution is -0.142. The summed E-state index contributed by atoms with van der Waals surface area (Å²) in [6, 6.07) is 8.69. The molecule has 4 fully saturated rings. The minimum absolute atomic E-state index is 0.0349. The fraction of sp³-hybridized carbons (Fsp3) is 0.667. The van der Waals surface area contributed by atoms with Gasteiger partial charge in [-0.05, 0) is 37.2 Å². The van der Waals surface area contributed by atoms with Gasteiger partial charge in [0.25, 0.3) is 0 Å². The molecule has 35 heavy (non-hydrogen) atoms. The van der Waals surface area contributed by atoms with Gasteiger partial charge < -0.3 is 20.6 Å². The highest BCUT2D eigenvalue weighted by Gasteiger charge is 2.76. The van der Waals surface area contributed by atoms with E-state index in [4.69, 9.17) is 0 Å². The van der Waals surface area contributed by atoms with Gasteiger partial charge in [0.15, 0.2) is 0 Å². The Morgan fingerprint density at radius 2 is 1.89 bits per heavy atom. The molecular formula is C27H37N3O4S. The predicted octanol–water partition coefficient (Wildman–Crippen LogP) is 2.12. The maximum atomic E-state index is 14.2. The molecule has 8 heteroatoms. The van der Waals surface area contributed by atoms with E-state index in [2.05, 4.69) is 17.6 Å². The van der Waals surface area contributed by atoms with E-state index in [1.54, 1.807) is 23.7 Å². The van der Waals surface area contributed by atoms with Crippen LogP contribution < -0.4 is 10.6 Å². The molecule has 4 aliphatic rings. The molecule has 1 spiro atoms. The number of fused-ring (bicyclic) bond motifs is 1. The highest BCUT2D eigenvalue weighted by Crippen LogP contribution is 2.68. The highest BCUT2D eigenvalue weighted by atomic mass is 32.2. The summed E-state index contributed by atoms with van der Waals surface area (Å²) >= 11 is 1.68. The van der Waals surface area contributed by atoms with Gasteiger partial charge in [0.1, 0.15) is 6.04 Å². The van der Waals surface area contributed by atoms with Gasteiger partial charge >= 0.3 is 0 Å². The van der Waals surface area contributed by atoms with E-state index in [-0.39, 0.29) is 41.5 Å². The number of rotatable bonds is 7. The third-order valence-electron chi connectivity index (χ3n) is 8.85. The van der Waals surface area contributed by atoms with Crippen molar-refractivity contribution in [3.8, 4) is 0 Å². The van der Waals surface area contributed by atoms with Crippen molar-refractivity contribution in [2.45, 2.75) is 80.0 Å². The number of likely N-dealkylation sites (tertiary alicyclic amines) is 1. The largest absolute Gasteiger partial charge is 0.394 e. The summed E-state index contributed by atoms with van der Waals surface area (Å²) in [4.78, 5) is 42.9. The molecular weight excluding hydrogens is 462 g/mol. The van der Waals surface area contributed by atoms with Gasteiger partial charge in [-0.2, -0.15) is 0 Å². The van der Waals surface area contributed by atoms with Crippen LogP contribution in [0.15, 0.2) is 30.3 Å². The standard InChI is InChI=1S/C27H37N3O4S/c1-16-13-20-21(24(32)28-2)22-26(34)30(19(15-31)14-17-9-5-3-6-10-17)23(27(16,22)35-20)25(33)29-18-11-7-4-8-12-18/h3,5-6,9-10,16,18-23,31H,4,7-8,11-15H2,1-2H3,(H,28,32)(H,29,33)/t16?,19-,20-,21+,22+,23?,27?/m1/s1. The highest BCUT2D eigenvalue weighted by molar-refractivity contribution is 8.02. The Kier molecular flexibility index (Phi) is 6.87. The van der Waals surface area contributed by atoms with E-state index in [9.17, 15) is 19.5 Å². The smallest absolute Gasteiger partial charge is 0.244 e. The SMILES string of the molecule is CNC(=O)[C@@H]1[C@H]2C(=O)N([C@@H](CO)Cc3ccccc3)C(C(=O)NC3CCCCC3)C23S[C@@H]1CC3C. The van der Waals surface area contributed by atoms with Gasteiger partial charge in [0, 0.05) is 18.3 Å². The van der Waals surface area contributed by atoms with Crippen molar-refractivity contribution in [1.29, 1.82) is 0 Å². The number of aliphatic hydroxyl groups excluding tert-OH is 1. The van der Waals surface area contributed by atoms with Gasteiger partial charge in [0.05, 0.1) is 29.2 Å². The number of amides is 3. The monoisotopic (exact) mass is 499 g/mol. The number of nitrogens with one attached hydrogen (secondary N) is 2. The molecule has 7 nitrogen and oxygen atoms in total. The summed E-state index contributed by atoms with van der Waals surface area (Å²) in [5.41, 5.74) is 1.01. The summed E-state index contributed by atoms with van der Waals surface area (Å²) < 4.78 is -0.651. The van der Waals surface area contributed by atoms with Gasteiger partial charge in [0.2, 0.25) is 17.7 Å². The Morgan fingerprint density at radius 3 is 2.54 bits per heavy atom. The summed E-state index contributed by atoms with van der Waals surface area (Å²) in [6.07, 6.45) is 6.60. The molecule has 1 aromatic carbocycles. The molecule has 3 N–H and O–H groups in total. The van der Waals surface area contributed by atoms with Crippen molar-refractivity contribution in [2.75, 3.05) is 13.7 Å². The summed E-state index contributed by atoms with van der Waals surface area (Å²) in [6.45, 7) is 1.90. The average Bonchev–Trinajstić information content (AvgIpc) is 3.47. The maximum absolute atomic E-state index is 14.2. The molecule has 0 radical (unpaired) electrons. The molecule has 3 unspecified atom stereocenters. The van der Waals surface area contributed by atoms with Crippen LogP contribution in [0.5, 0.6) is 0 Å². The number of aliphatic hydroxyl groups is 1. The van der Waals surface area contributed by atoms with E-state index >= 15 is 0 Å². The minimum atomic E-state index is -0.692. The number of nitrogens with zero attached hydrogens (tertiary/aromatic N) is 1. The van der Waals surface area contributed by atoms with Crippen molar-refractivity contribution >= 4 is 29.5 Å². The molecule has 5 rings (SSSR count). The molecule has 190 valence electrons. The molecule has 2 bridgehead atoms. The normalized spacial score (nSPS) is 35.1. The molecule has 1 aliphatic carbocycles. The van der Waals surface area contributed by atoms with Gasteiger partial charge in [-0.25, -0.2) is 0 Å². The number of hydrogen-bond acceptors (Lipinski definition) is 5. The third-order valence-corrected chi connectivity index (χ3v) is 10.9. The first-order valence-electron chi connectivity index (χ1n) is 13.1. The van der Waals surface area contributed by atoms with Crippen LogP contribution in [-0.2, 0) is 20.8 Å². The predicted molar refractivity (Wildman–Crippen MR) is 136 cm³/mol. The number of carbonyl (C=O) groups excluding carboxylic acids is 3. The van der Waals surface area contributed by atoms with E-state index < -0.39 is 28.7 Å². The van der Waals surface area contributed by atoms with Crippen LogP contribution in [0, 0.1) is 17.8 Å². The first-order chi connectivity index (χ1) is 16.9. The van der Waals surface area contributed by atoms with Crippen LogP contribution in [-0.4, -0.2) is 69.5 Å². The van der Waals surface area contributed by atoms with E-state index in [1.807, 2.05) is 30.3 Å². The summed E-state index contributed by atoms with van der Waals surface area (Å²) in [5.74, 6) is -1.26. The second-order valence-electron chi connectivity index (χ2n) is 10.8. The quantitative estimate of drug-likeness (QED) is 0.534. The van der Waals surface area contributed by atoms with Gasteiger partial charge in [-0.1, -0.05) is 56.5 Å². The van der Waals surface area contributed by atoms with Crippen molar-refractivity contribution in [3.05, 3.63) is 35.9 Å². The van der Waals surface area contributed by atoms with Gasteiger partial charge in [-0.3, -0.25) is 14.4 Å². The van der Waals surface area contributed by atoms with Crippen molar-refractivity contribution < 1.29 is 19.5 Å². The Hall–Kier alpha value is -2.06. The van der Waals surface area contributed by atoms with E-state index in [1.165, 1.54) is 6.42 Å². The molecule has 3 amide bonds. The van der Waals surface area contributed by atoms with Crippen LogP contribution >= 0.6 is 11.8 Å². The Bertz CT molecular complexity index is 968. The second kappa shape index (κ2) is 9.77. The Balaban J connectivity index is 1.54. The first kappa shape index (κ1) is 24.6. The maximum Gasteiger partial charge on any atom is 0.244 e. The zero-order chi connectivity index (χ0) is 24.7. The summed E-state index contributed by atoms with van der Waals surface area (Å²) in [7, 11) is 1.62. The number of thioether (sulfide) groups is 1. The average molecular weight is 500 g/mol. The lowest BCUT2D eigenvalue weighted by Gasteiger charge is -2.41. The Labute approximate surface area is 211 Å². The van der Waals surface area contributed by atoms with Crippen molar-refractivity contribution in [3.63, 3.8) is 0 Å².